The van der Waals surface area contributed by atoms with Crippen LogP contribution >= 0.6 is 0 Å². The second-order valence-corrected chi connectivity index (χ2v) is 4.09. The molecule has 0 saturated heterocycles. The summed E-state index contributed by atoms with van der Waals surface area (Å²) in [6.07, 6.45) is 3.67. The first-order valence-corrected chi connectivity index (χ1v) is 6.22. The number of anilines is 1. The Labute approximate surface area is 112 Å². The lowest BCUT2D eigenvalue weighted by Crippen LogP contribution is -2.18. The minimum Gasteiger partial charge on any atom is -0.372 e. The van der Waals surface area contributed by atoms with Crippen molar-refractivity contribution in [3.05, 3.63) is 48.3 Å². The van der Waals surface area contributed by atoms with Gasteiger partial charge in [-0.05, 0) is 30.7 Å². The fraction of sp³-hybridized carbons (Fsp3) is 0.286. The Balaban J connectivity index is 1.89. The SMILES string of the molecule is CCOCC(=O)Nc1ccc(Cn2cccn2)cc1. The van der Waals surface area contributed by atoms with Gasteiger partial charge in [0.05, 0.1) is 6.54 Å². The van der Waals surface area contributed by atoms with Crippen LogP contribution < -0.4 is 5.32 Å². The average molecular weight is 259 g/mol. The van der Waals surface area contributed by atoms with E-state index in [2.05, 4.69) is 10.4 Å². The Morgan fingerprint density at radius 2 is 2.16 bits per heavy atom. The van der Waals surface area contributed by atoms with Gasteiger partial charge >= 0.3 is 0 Å². The highest BCUT2D eigenvalue weighted by Gasteiger charge is 2.02. The number of rotatable bonds is 6. The van der Waals surface area contributed by atoms with Crippen molar-refractivity contribution < 1.29 is 9.53 Å². The van der Waals surface area contributed by atoms with Gasteiger partial charge in [-0.2, -0.15) is 5.10 Å². The molecule has 0 bridgehead atoms. The fourth-order valence-corrected chi connectivity index (χ4v) is 1.67. The number of hydrogen-bond donors (Lipinski definition) is 1. The molecule has 5 heteroatoms. The van der Waals surface area contributed by atoms with Gasteiger partial charge in [-0.25, -0.2) is 0 Å². The third-order valence-corrected chi connectivity index (χ3v) is 2.58. The molecule has 2 aromatic rings. The highest BCUT2D eigenvalue weighted by atomic mass is 16.5. The molecule has 1 aromatic heterocycles. The van der Waals surface area contributed by atoms with E-state index in [1.54, 1.807) is 6.20 Å². The number of carbonyl (C=O) groups is 1. The van der Waals surface area contributed by atoms with Gasteiger partial charge in [-0.3, -0.25) is 9.48 Å². The van der Waals surface area contributed by atoms with Gasteiger partial charge in [0.2, 0.25) is 5.91 Å². The molecular formula is C14H17N3O2. The Hall–Kier alpha value is -2.14. The van der Waals surface area contributed by atoms with Crippen molar-refractivity contribution in [2.24, 2.45) is 0 Å². The zero-order chi connectivity index (χ0) is 13.5. The van der Waals surface area contributed by atoms with Crippen molar-refractivity contribution in [2.75, 3.05) is 18.5 Å². The van der Waals surface area contributed by atoms with Crippen LogP contribution in [0.5, 0.6) is 0 Å². The van der Waals surface area contributed by atoms with Crippen molar-refractivity contribution in [3.8, 4) is 0 Å². The first-order valence-electron chi connectivity index (χ1n) is 6.22. The molecule has 19 heavy (non-hydrogen) atoms. The molecule has 0 spiro atoms. The van der Waals surface area contributed by atoms with Crippen LogP contribution in [0.15, 0.2) is 42.7 Å². The summed E-state index contributed by atoms with van der Waals surface area (Å²) in [5.74, 6) is -0.137. The van der Waals surface area contributed by atoms with Crippen molar-refractivity contribution in [1.29, 1.82) is 0 Å². The number of nitrogens with one attached hydrogen (secondary N) is 1. The van der Waals surface area contributed by atoms with Gasteiger partial charge in [0.15, 0.2) is 0 Å². The average Bonchev–Trinajstić information content (AvgIpc) is 2.91. The van der Waals surface area contributed by atoms with E-state index in [9.17, 15) is 4.79 Å². The van der Waals surface area contributed by atoms with E-state index in [0.717, 1.165) is 17.8 Å². The van der Waals surface area contributed by atoms with E-state index in [1.165, 1.54) is 0 Å². The molecule has 0 fully saturated rings. The number of amides is 1. The lowest BCUT2D eigenvalue weighted by Gasteiger charge is -2.07. The third kappa shape index (κ3) is 4.22. The van der Waals surface area contributed by atoms with Gasteiger partial charge in [-0.15, -0.1) is 0 Å². The molecule has 5 nitrogen and oxygen atoms in total. The predicted octanol–water partition coefficient (Wildman–Crippen LogP) is 1.91. The topological polar surface area (TPSA) is 56.1 Å². The molecule has 0 aliphatic carbocycles. The van der Waals surface area contributed by atoms with Gasteiger partial charge in [0, 0.05) is 24.7 Å². The summed E-state index contributed by atoms with van der Waals surface area (Å²) in [7, 11) is 0. The van der Waals surface area contributed by atoms with Crippen LogP contribution in [0.2, 0.25) is 0 Å². The number of ether oxygens (including phenoxy) is 1. The molecule has 1 amide bonds. The normalized spacial score (nSPS) is 10.4. The number of aromatic nitrogens is 2. The van der Waals surface area contributed by atoms with Gasteiger partial charge in [-0.1, -0.05) is 12.1 Å². The molecular weight excluding hydrogens is 242 g/mol. The Morgan fingerprint density at radius 3 is 2.79 bits per heavy atom. The summed E-state index contributed by atoms with van der Waals surface area (Å²) in [5, 5.41) is 6.92. The van der Waals surface area contributed by atoms with Crippen molar-refractivity contribution in [1.82, 2.24) is 9.78 Å². The molecule has 0 aliphatic heterocycles. The molecule has 0 unspecified atom stereocenters. The number of carbonyl (C=O) groups excluding carboxylic acids is 1. The molecule has 2 rings (SSSR count). The van der Waals surface area contributed by atoms with Crippen LogP contribution in [0, 0.1) is 0 Å². The van der Waals surface area contributed by atoms with Crippen molar-refractivity contribution in [3.63, 3.8) is 0 Å². The van der Waals surface area contributed by atoms with Crippen LogP contribution in [0.1, 0.15) is 12.5 Å². The van der Waals surface area contributed by atoms with Crippen LogP contribution in [-0.4, -0.2) is 28.9 Å². The van der Waals surface area contributed by atoms with E-state index in [4.69, 9.17) is 4.74 Å². The number of nitrogens with zero attached hydrogens (tertiary/aromatic N) is 2. The molecule has 0 radical (unpaired) electrons. The Bertz CT molecular complexity index is 506. The summed E-state index contributed by atoms with van der Waals surface area (Å²) >= 11 is 0. The smallest absolute Gasteiger partial charge is 0.250 e. The standard InChI is InChI=1S/C14H17N3O2/c1-2-19-11-14(18)16-13-6-4-12(5-7-13)10-17-9-3-8-15-17/h3-9H,2,10-11H2,1H3,(H,16,18). The summed E-state index contributed by atoms with van der Waals surface area (Å²) in [6.45, 7) is 3.21. The Kier molecular flexibility index (Phi) is 4.69. The maximum atomic E-state index is 11.5. The molecule has 1 aromatic carbocycles. The summed E-state index contributed by atoms with van der Waals surface area (Å²) < 4.78 is 6.89. The molecule has 0 aliphatic rings. The van der Waals surface area contributed by atoms with Gasteiger partial charge in [0.25, 0.3) is 0 Å². The highest BCUT2D eigenvalue weighted by Crippen LogP contribution is 2.10. The lowest BCUT2D eigenvalue weighted by atomic mass is 10.2. The number of benzene rings is 1. The zero-order valence-electron chi connectivity index (χ0n) is 10.9. The van der Waals surface area contributed by atoms with Gasteiger partial charge < -0.3 is 10.1 Å². The first-order chi connectivity index (χ1) is 9.28. The molecule has 1 N–H and O–H groups in total. The van der Waals surface area contributed by atoms with E-state index >= 15 is 0 Å². The quantitative estimate of drug-likeness (QED) is 0.862. The highest BCUT2D eigenvalue weighted by molar-refractivity contribution is 5.91. The van der Waals surface area contributed by atoms with E-state index in [-0.39, 0.29) is 12.5 Å². The van der Waals surface area contributed by atoms with E-state index < -0.39 is 0 Å². The number of hydrogen-bond acceptors (Lipinski definition) is 3. The zero-order valence-corrected chi connectivity index (χ0v) is 10.9. The van der Waals surface area contributed by atoms with Crippen LogP contribution in [-0.2, 0) is 16.1 Å². The minimum atomic E-state index is -0.137. The van der Waals surface area contributed by atoms with Crippen molar-refractivity contribution >= 4 is 11.6 Å². The van der Waals surface area contributed by atoms with E-state index in [1.807, 2.05) is 48.1 Å². The molecule has 0 saturated carbocycles. The third-order valence-electron chi connectivity index (χ3n) is 2.58. The van der Waals surface area contributed by atoms with E-state index in [0.29, 0.717) is 6.61 Å². The molecule has 100 valence electrons. The summed E-state index contributed by atoms with van der Waals surface area (Å²) in [4.78, 5) is 11.5. The molecule has 1 heterocycles. The van der Waals surface area contributed by atoms with Crippen LogP contribution in [0.3, 0.4) is 0 Å². The maximum Gasteiger partial charge on any atom is 0.250 e. The maximum absolute atomic E-state index is 11.5. The largest absolute Gasteiger partial charge is 0.372 e. The summed E-state index contributed by atoms with van der Waals surface area (Å²) in [6, 6.07) is 9.59. The van der Waals surface area contributed by atoms with Gasteiger partial charge in [0.1, 0.15) is 6.61 Å². The van der Waals surface area contributed by atoms with Crippen molar-refractivity contribution in [2.45, 2.75) is 13.5 Å². The first kappa shape index (κ1) is 13.3. The fourth-order valence-electron chi connectivity index (χ4n) is 1.67. The van der Waals surface area contributed by atoms with Crippen LogP contribution in [0.25, 0.3) is 0 Å². The Morgan fingerprint density at radius 1 is 1.37 bits per heavy atom. The summed E-state index contributed by atoms with van der Waals surface area (Å²) in [5.41, 5.74) is 1.90. The monoisotopic (exact) mass is 259 g/mol. The van der Waals surface area contributed by atoms with Crippen LogP contribution in [0.4, 0.5) is 5.69 Å². The second kappa shape index (κ2) is 6.70. The molecule has 0 atom stereocenters. The minimum absolute atomic E-state index is 0.0888. The predicted molar refractivity (Wildman–Crippen MR) is 72.9 cm³/mol. The second-order valence-electron chi connectivity index (χ2n) is 4.09. The lowest BCUT2D eigenvalue weighted by molar-refractivity contribution is -0.120.